The van der Waals surface area contributed by atoms with Crippen LogP contribution in [0, 0.1) is 0 Å². The first-order chi connectivity index (χ1) is 9.16. The van der Waals surface area contributed by atoms with Crippen LogP contribution >= 0.6 is 12.2 Å². The van der Waals surface area contributed by atoms with Crippen molar-refractivity contribution >= 4 is 17.2 Å². The largest absolute Gasteiger partial charge is 0.492 e. The lowest BCUT2D eigenvalue weighted by Crippen LogP contribution is -2.24. The maximum Gasteiger partial charge on any atom is 0.266 e. The van der Waals surface area contributed by atoms with E-state index in [9.17, 15) is 4.79 Å². The molecule has 0 saturated carbocycles. The van der Waals surface area contributed by atoms with Crippen LogP contribution in [0.4, 0.5) is 0 Å². The first-order valence-corrected chi connectivity index (χ1v) is 6.12. The molecule has 0 amide bonds. The van der Waals surface area contributed by atoms with Gasteiger partial charge in [-0.3, -0.25) is 4.79 Å². The summed E-state index contributed by atoms with van der Waals surface area (Å²) in [5.41, 5.74) is 6.15. The van der Waals surface area contributed by atoms with Crippen LogP contribution in [0.25, 0.3) is 0 Å². The van der Waals surface area contributed by atoms with Crippen molar-refractivity contribution in [1.29, 1.82) is 0 Å². The molecule has 1 aromatic carbocycles. The van der Waals surface area contributed by atoms with Crippen molar-refractivity contribution in [1.82, 2.24) is 9.78 Å². The lowest BCUT2D eigenvalue weighted by atomic mass is 10.2. The van der Waals surface area contributed by atoms with Gasteiger partial charge in [0.15, 0.2) is 0 Å². The summed E-state index contributed by atoms with van der Waals surface area (Å²) in [5, 5.41) is 3.94. The van der Waals surface area contributed by atoms with Gasteiger partial charge in [-0.25, -0.2) is 4.68 Å². The van der Waals surface area contributed by atoms with E-state index in [1.165, 1.54) is 10.7 Å². The van der Waals surface area contributed by atoms with E-state index in [2.05, 4.69) is 5.10 Å². The molecule has 0 saturated heterocycles. The zero-order valence-electron chi connectivity index (χ0n) is 10.2. The van der Waals surface area contributed by atoms with E-state index >= 15 is 0 Å². The van der Waals surface area contributed by atoms with Crippen molar-refractivity contribution in [2.24, 2.45) is 5.73 Å². The summed E-state index contributed by atoms with van der Waals surface area (Å²) in [6, 6.07) is 10.2. The quantitative estimate of drug-likeness (QED) is 0.823. The number of ether oxygens (including phenoxy) is 1. The fourth-order valence-corrected chi connectivity index (χ4v) is 1.66. The molecule has 0 spiro atoms. The number of hydrogen-bond donors (Lipinski definition) is 1. The molecular formula is C13H13N3O2S. The Bertz CT molecular complexity index is 622. The van der Waals surface area contributed by atoms with Crippen LogP contribution < -0.4 is 16.0 Å². The molecule has 19 heavy (non-hydrogen) atoms. The van der Waals surface area contributed by atoms with Crippen LogP contribution in [0.5, 0.6) is 5.75 Å². The van der Waals surface area contributed by atoms with Crippen molar-refractivity contribution in [2.45, 2.75) is 6.54 Å². The van der Waals surface area contributed by atoms with E-state index in [0.29, 0.717) is 23.9 Å². The molecule has 1 aromatic heterocycles. The van der Waals surface area contributed by atoms with Crippen molar-refractivity contribution in [3.05, 3.63) is 58.5 Å². The minimum atomic E-state index is -0.144. The van der Waals surface area contributed by atoms with Gasteiger partial charge in [0, 0.05) is 17.8 Å². The maximum absolute atomic E-state index is 11.4. The number of rotatable bonds is 5. The number of thiocarbonyl (C=S) groups is 1. The zero-order valence-corrected chi connectivity index (χ0v) is 11.0. The van der Waals surface area contributed by atoms with Gasteiger partial charge in [-0.05, 0) is 30.3 Å². The molecule has 0 aliphatic rings. The number of nitrogens with zero attached hydrogens (tertiary/aromatic N) is 2. The zero-order chi connectivity index (χ0) is 13.7. The Hall–Kier alpha value is -2.21. The molecular weight excluding hydrogens is 262 g/mol. The Balaban J connectivity index is 1.91. The minimum absolute atomic E-state index is 0.144. The topological polar surface area (TPSA) is 70.1 Å². The molecule has 1 heterocycles. The highest BCUT2D eigenvalue weighted by molar-refractivity contribution is 7.80. The van der Waals surface area contributed by atoms with Crippen molar-refractivity contribution in [3.8, 4) is 5.75 Å². The van der Waals surface area contributed by atoms with Gasteiger partial charge in [-0.2, -0.15) is 5.10 Å². The third-order valence-electron chi connectivity index (χ3n) is 2.50. The lowest BCUT2D eigenvalue weighted by Gasteiger charge is -2.07. The molecule has 0 radical (unpaired) electrons. The molecule has 0 atom stereocenters. The fourth-order valence-electron chi connectivity index (χ4n) is 1.52. The van der Waals surface area contributed by atoms with Gasteiger partial charge in [-0.15, -0.1) is 0 Å². The predicted octanol–water partition coefficient (Wildman–Crippen LogP) is 0.956. The first-order valence-electron chi connectivity index (χ1n) is 5.71. The molecule has 0 aliphatic heterocycles. The molecule has 2 rings (SSSR count). The van der Waals surface area contributed by atoms with Gasteiger partial charge in [0.05, 0.1) is 6.54 Å². The Kier molecular flexibility index (Phi) is 4.25. The molecule has 98 valence electrons. The van der Waals surface area contributed by atoms with Crippen LogP contribution in [0.1, 0.15) is 5.56 Å². The molecule has 0 unspecified atom stereocenters. The highest BCUT2D eigenvalue weighted by atomic mass is 32.1. The number of hydrogen-bond acceptors (Lipinski definition) is 4. The van der Waals surface area contributed by atoms with Crippen molar-refractivity contribution in [3.63, 3.8) is 0 Å². The number of nitrogens with two attached hydrogens (primary N) is 1. The minimum Gasteiger partial charge on any atom is -0.492 e. The highest BCUT2D eigenvalue weighted by Gasteiger charge is 1.99. The van der Waals surface area contributed by atoms with Gasteiger partial charge in [0.25, 0.3) is 5.56 Å². The lowest BCUT2D eigenvalue weighted by molar-refractivity contribution is 0.288. The molecule has 5 nitrogen and oxygen atoms in total. The molecule has 2 aromatic rings. The standard InChI is InChI=1S/C13H13N3O2S/c14-13(19)10-3-5-11(6-4-10)18-9-8-16-12(17)2-1-7-15-16/h1-7H,8-9H2,(H2,14,19). The van der Waals surface area contributed by atoms with Gasteiger partial charge >= 0.3 is 0 Å². The Morgan fingerprint density at radius 2 is 2.05 bits per heavy atom. The van der Waals surface area contributed by atoms with Gasteiger partial charge in [-0.1, -0.05) is 12.2 Å². The van der Waals surface area contributed by atoms with Crippen LogP contribution in [0.2, 0.25) is 0 Å². The molecule has 6 heteroatoms. The second-order valence-corrected chi connectivity index (χ2v) is 4.26. The number of benzene rings is 1. The smallest absolute Gasteiger partial charge is 0.266 e. The molecule has 2 N–H and O–H groups in total. The SMILES string of the molecule is NC(=S)c1ccc(OCCn2ncccc2=O)cc1. The fraction of sp³-hybridized carbons (Fsp3) is 0.154. The summed E-state index contributed by atoms with van der Waals surface area (Å²) >= 11 is 4.86. The summed E-state index contributed by atoms with van der Waals surface area (Å²) in [7, 11) is 0. The molecule has 0 bridgehead atoms. The highest BCUT2D eigenvalue weighted by Crippen LogP contribution is 2.11. The van der Waals surface area contributed by atoms with Gasteiger partial charge in [0.1, 0.15) is 17.3 Å². The Labute approximate surface area is 115 Å². The van der Waals surface area contributed by atoms with E-state index < -0.39 is 0 Å². The summed E-state index contributed by atoms with van der Waals surface area (Å²) < 4.78 is 6.87. The van der Waals surface area contributed by atoms with Crippen molar-refractivity contribution < 1.29 is 4.74 Å². The van der Waals surface area contributed by atoms with Crippen molar-refractivity contribution in [2.75, 3.05) is 6.61 Å². The van der Waals surface area contributed by atoms with E-state index in [0.717, 1.165) is 5.56 Å². The second-order valence-electron chi connectivity index (χ2n) is 3.82. The van der Waals surface area contributed by atoms with Crippen LogP contribution in [0.15, 0.2) is 47.4 Å². The van der Waals surface area contributed by atoms with E-state index in [-0.39, 0.29) is 5.56 Å². The summed E-state index contributed by atoms with van der Waals surface area (Å²) in [5.74, 6) is 0.698. The first kappa shape index (κ1) is 13.2. The van der Waals surface area contributed by atoms with E-state index in [1.54, 1.807) is 36.5 Å². The molecule has 0 aliphatic carbocycles. The summed E-state index contributed by atoms with van der Waals surface area (Å²) in [4.78, 5) is 11.8. The Morgan fingerprint density at radius 1 is 1.32 bits per heavy atom. The maximum atomic E-state index is 11.4. The number of aromatic nitrogens is 2. The monoisotopic (exact) mass is 275 g/mol. The second kappa shape index (κ2) is 6.10. The third kappa shape index (κ3) is 3.62. The summed E-state index contributed by atoms with van der Waals surface area (Å²) in [6.07, 6.45) is 1.57. The van der Waals surface area contributed by atoms with Crippen LogP contribution in [-0.4, -0.2) is 21.4 Å². The Morgan fingerprint density at radius 3 is 2.68 bits per heavy atom. The van der Waals surface area contributed by atoms with Gasteiger partial charge < -0.3 is 10.5 Å². The van der Waals surface area contributed by atoms with Gasteiger partial charge in [0.2, 0.25) is 0 Å². The molecule has 0 fully saturated rings. The van der Waals surface area contributed by atoms with Crippen LogP contribution in [0.3, 0.4) is 0 Å². The van der Waals surface area contributed by atoms with E-state index in [1.807, 2.05) is 0 Å². The summed E-state index contributed by atoms with van der Waals surface area (Å²) in [6.45, 7) is 0.764. The average molecular weight is 275 g/mol. The predicted molar refractivity (Wildman–Crippen MR) is 76.3 cm³/mol. The van der Waals surface area contributed by atoms with Crippen LogP contribution in [-0.2, 0) is 6.54 Å². The third-order valence-corrected chi connectivity index (χ3v) is 2.73. The van der Waals surface area contributed by atoms with E-state index in [4.69, 9.17) is 22.7 Å². The average Bonchev–Trinajstić information content (AvgIpc) is 2.41. The normalized spacial score (nSPS) is 10.1.